The van der Waals surface area contributed by atoms with Gasteiger partial charge in [-0.15, -0.1) is 0 Å². The minimum absolute atomic E-state index is 0.0977. The van der Waals surface area contributed by atoms with Crippen LogP contribution in [-0.2, 0) is 9.53 Å². The van der Waals surface area contributed by atoms with Crippen LogP contribution in [0.5, 0.6) is 5.75 Å². The quantitative estimate of drug-likeness (QED) is 0.809. The molecule has 0 saturated carbocycles. The van der Waals surface area contributed by atoms with Gasteiger partial charge in [-0.2, -0.15) is 0 Å². The maximum absolute atomic E-state index is 13.4. The first-order chi connectivity index (χ1) is 10.2. The number of halogens is 1. The largest absolute Gasteiger partial charge is 0.481 e. The number of ether oxygens (including phenoxy) is 2. The zero-order valence-electron chi connectivity index (χ0n) is 12.4. The Bertz CT molecular complexity index is 467. The van der Waals surface area contributed by atoms with Crippen molar-refractivity contribution in [2.24, 2.45) is 5.92 Å². The van der Waals surface area contributed by atoms with Gasteiger partial charge in [0, 0.05) is 19.7 Å². The fraction of sp³-hybridized carbons (Fsp3) is 0.562. The molecule has 1 aromatic carbocycles. The molecule has 1 fully saturated rings. The monoisotopic (exact) mass is 295 g/mol. The molecule has 21 heavy (non-hydrogen) atoms. The van der Waals surface area contributed by atoms with E-state index in [0.29, 0.717) is 25.7 Å². The van der Waals surface area contributed by atoms with Crippen molar-refractivity contribution in [2.75, 3.05) is 32.9 Å². The molecule has 0 spiro atoms. The van der Waals surface area contributed by atoms with E-state index in [4.69, 9.17) is 9.47 Å². The molecule has 0 N–H and O–H groups in total. The van der Waals surface area contributed by atoms with E-state index in [1.54, 1.807) is 17.0 Å². The van der Waals surface area contributed by atoms with Crippen molar-refractivity contribution in [1.29, 1.82) is 0 Å². The second kappa shape index (κ2) is 7.98. The van der Waals surface area contributed by atoms with E-state index in [0.717, 1.165) is 19.4 Å². The van der Waals surface area contributed by atoms with E-state index in [1.807, 2.05) is 6.92 Å². The second-order valence-corrected chi connectivity index (χ2v) is 5.23. The summed E-state index contributed by atoms with van der Waals surface area (Å²) in [6.45, 7) is 4.66. The topological polar surface area (TPSA) is 38.8 Å². The third-order valence-corrected chi connectivity index (χ3v) is 3.62. The predicted octanol–water partition coefficient (Wildman–Crippen LogP) is 2.48. The lowest BCUT2D eigenvalue weighted by Gasteiger charge is -2.32. The number of nitrogens with zero attached hydrogens (tertiary/aromatic N) is 1. The minimum atomic E-state index is -0.446. The van der Waals surface area contributed by atoms with Crippen LogP contribution < -0.4 is 4.74 Å². The van der Waals surface area contributed by atoms with Crippen LogP contribution in [0, 0.1) is 11.7 Å². The number of amides is 1. The Labute approximate surface area is 124 Å². The highest BCUT2D eigenvalue weighted by atomic mass is 19.1. The molecule has 4 nitrogen and oxygen atoms in total. The van der Waals surface area contributed by atoms with Crippen molar-refractivity contribution >= 4 is 5.91 Å². The minimum Gasteiger partial charge on any atom is -0.481 e. The molecule has 1 saturated heterocycles. The van der Waals surface area contributed by atoms with Crippen LogP contribution in [0.4, 0.5) is 4.39 Å². The number of hydrogen-bond donors (Lipinski definition) is 0. The van der Waals surface area contributed by atoms with Crippen LogP contribution in [0.15, 0.2) is 24.3 Å². The smallest absolute Gasteiger partial charge is 0.260 e. The zero-order valence-corrected chi connectivity index (χ0v) is 12.4. The molecule has 1 heterocycles. The Morgan fingerprint density at radius 2 is 2.24 bits per heavy atom. The highest BCUT2D eigenvalue weighted by molar-refractivity contribution is 5.77. The molecule has 2 rings (SSSR count). The van der Waals surface area contributed by atoms with Crippen LogP contribution >= 0.6 is 0 Å². The maximum atomic E-state index is 13.4. The molecule has 0 bridgehead atoms. The Kier molecular flexibility index (Phi) is 5.99. The van der Waals surface area contributed by atoms with E-state index in [1.165, 1.54) is 12.1 Å². The van der Waals surface area contributed by atoms with Gasteiger partial charge in [0.05, 0.1) is 6.61 Å². The normalized spacial score (nSPS) is 18.6. The van der Waals surface area contributed by atoms with Gasteiger partial charge >= 0.3 is 0 Å². The van der Waals surface area contributed by atoms with Crippen LogP contribution in [0.3, 0.4) is 0 Å². The Balaban J connectivity index is 1.81. The summed E-state index contributed by atoms with van der Waals surface area (Å²) in [6.07, 6.45) is 2.06. The molecule has 1 amide bonds. The summed E-state index contributed by atoms with van der Waals surface area (Å²) in [5.41, 5.74) is 0. The fourth-order valence-corrected chi connectivity index (χ4v) is 2.50. The summed E-state index contributed by atoms with van der Waals surface area (Å²) >= 11 is 0. The van der Waals surface area contributed by atoms with Crippen LogP contribution in [0.2, 0.25) is 0 Å². The van der Waals surface area contributed by atoms with E-state index < -0.39 is 5.82 Å². The third kappa shape index (κ3) is 4.70. The summed E-state index contributed by atoms with van der Waals surface area (Å²) in [7, 11) is 0. The highest BCUT2D eigenvalue weighted by Crippen LogP contribution is 2.18. The first kappa shape index (κ1) is 15.8. The van der Waals surface area contributed by atoms with Crippen molar-refractivity contribution in [2.45, 2.75) is 19.8 Å². The number of likely N-dealkylation sites (tertiary alicyclic amines) is 1. The molecule has 1 aliphatic heterocycles. The van der Waals surface area contributed by atoms with Crippen molar-refractivity contribution in [3.8, 4) is 5.75 Å². The fourth-order valence-electron chi connectivity index (χ4n) is 2.50. The number of piperidine rings is 1. The van der Waals surface area contributed by atoms with Crippen LogP contribution in [0.1, 0.15) is 19.8 Å². The second-order valence-electron chi connectivity index (χ2n) is 5.23. The number of para-hydroxylation sites is 1. The average Bonchev–Trinajstić information content (AvgIpc) is 2.52. The van der Waals surface area contributed by atoms with Crippen LogP contribution in [-0.4, -0.2) is 43.7 Å². The van der Waals surface area contributed by atoms with Crippen molar-refractivity contribution in [3.05, 3.63) is 30.1 Å². The lowest BCUT2D eigenvalue weighted by atomic mass is 9.99. The van der Waals surface area contributed by atoms with Gasteiger partial charge in [-0.05, 0) is 37.8 Å². The lowest BCUT2D eigenvalue weighted by Crippen LogP contribution is -2.43. The summed E-state index contributed by atoms with van der Waals surface area (Å²) in [5, 5.41) is 0. The SMILES string of the molecule is CCOCC1CCCN(C(=O)COc2ccccc2F)C1. The first-order valence-electron chi connectivity index (χ1n) is 7.43. The molecule has 116 valence electrons. The van der Waals surface area contributed by atoms with E-state index in [-0.39, 0.29) is 18.3 Å². The van der Waals surface area contributed by atoms with Gasteiger partial charge in [0.2, 0.25) is 0 Å². The molecular weight excluding hydrogens is 273 g/mol. The predicted molar refractivity (Wildman–Crippen MR) is 77.7 cm³/mol. The van der Waals surface area contributed by atoms with Gasteiger partial charge in [-0.3, -0.25) is 4.79 Å². The molecule has 0 aromatic heterocycles. The van der Waals surface area contributed by atoms with Crippen molar-refractivity contribution in [3.63, 3.8) is 0 Å². The zero-order chi connectivity index (χ0) is 15.1. The van der Waals surface area contributed by atoms with E-state index in [9.17, 15) is 9.18 Å². The maximum Gasteiger partial charge on any atom is 0.260 e. The molecule has 0 aliphatic carbocycles. The molecule has 1 unspecified atom stereocenters. The van der Waals surface area contributed by atoms with Gasteiger partial charge in [0.25, 0.3) is 5.91 Å². The van der Waals surface area contributed by atoms with Gasteiger partial charge in [-0.25, -0.2) is 4.39 Å². The Morgan fingerprint density at radius 3 is 3.00 bits per heavy atom. The molecular formula is C16H22FNO3. The number of benzene rings is 1. The van der Waals surface area contributed by atoms with E-state index >= 15 is 0 Å². The van der Waals surface area contributed by atoms with Gasteiger partial charge in [-0.1, -0.05) is 12.1 Å². The molecule has 0 radical (unpaired) electrons. The number of rotatable bonds is 6. The number of carbonyl (C=O) groups excluding carboxylic acids is 1. The average molecular weight is 295 g/mol. The van der Waals surface area contributed by atoms with Gasteiger partial charge < -0.3 is 14.4 Å². The van der Waals surface area contributed by atoms with Crippen molar-refractivity contribution < 1.29 is 18.7 Å². The number of carbonyl (C=O) groups is 1. The molecule has 1 aromatic rings. The Morgan fingerprint density at radius 1 is 1.43 bits per heavy atom. The standard InChI is InChI=1S/C16H22FNO3/c1-2-20-11-13-6-5-9-18(10-13)16(19)12-21-15-8-4-3-7-14(15)17/h3-4,7-8,13H,2,5-6,9-12H2,1H3. The summed E-state index contributed by atoms with van der Waals surface area (Å²) in [4.78, 5) is 13.9. The summed E-state index contributed by atoms with van der Waals surface area (Å²) < 4.78 is 24.1. The molecule has 1 aliphatic rings. The molecule has 5 heteroatoms. The highest BCUT2D eigenvalue weighted by Gasteiger charge is 2.24. The lowest BCUT2D eigenvalue weighted by molar-refractivity contribution is -0.135. The first-order valence-corrected chi connectivity index (χ1v) is 7.43. The summed E-state index contributed by atoms with van der Waals surface area (Å²) in [5.74, 6) is -0.0394. The van der Waals surface area contributed by atoms with Gasteiger partial charge in [0.15, 0.2) is 18.2 Å². The Hall–Kier alpha value is -1.62. The van der Waals surface area contributed by atoms with Gasteiger partial charge in [0.1, 0.15) is 0 Å². The summed E-state index contributed by atoms with van der Waals surface area (Å²) in [6, 6.07) is 6.12. The molecule has 1 atom stereocenters. The third-order valence-electron chi connectivity index (χ3n) is 3.62. The van der Waals surface area contributed by atoms with E-state index in [2.05, 4.69) is 0 Å². The van der Waals surface area contributed by atoms with Crippen molar-refractivity contribution in [1.82, 2.24) is 4.90 Å². The van der Waals surface area contributed by atoms with Crippen LogP contribution in [0.25, 0.3) is 0 Å². The number of hydrogen-bond acceptors (Lipinski definition) is 3.